The van der Waals surface area contributed by atoms with Crippen LogP contribution < -0.4 is 38.9 Å². The van der Waals surface area contributed by atoms with Gasteiger partial charge in [0.25, 0.3) is 0 Å². The predicted molar refractivity (Wildman–Crippen MR) is 122 cm³/mol. The quantitative estimate of drug-likeness (QED) is 0.0555. The van der Waals surface area contributed by atoms with Crippen molar-refractivity contribution in [3.63, 3.8) is 0 Å². The van der Waals surface area contributed by atoms with Crippen LogP contribution in [0.4, 0.5) is 0 Å². The Bertz CT molecular complexity index is 828. The Kier molecular flexibility index (Phi) is 13.4. The Labute approximate surface area is 201 Å². The van der Waals surface area contributed by atoms with E-state index in [1.165, 1.54) is 13.8 Å². The number of aliphatic carboxylic acids is 2. The average Bonchev–Trinajstić information content (AvgIpc) is 2.71. The first-order chi connectivity index (χ1) is 16.1. The fourth-order valence-electron chi connectivity index (χ4n) is 2.78. The second-order valence-electron chi connectivity index (χ2n) is 8.01. The second-order valence-corrected chi connectivity index (χ2v) is 8.01. The van der Waals surface area contributed by atoms with Gasteiger partial charge in [0.05, 0.1) is 18.9 Å². The Morgan fingerprint density at radius 1 is 0.829 bits per heavy atom. The monoisotopic (exact) mass is 502 g/mol. The van der Waals surface area contributed by atoms with Crippen molar-refractivity contribution in [2.45, 2.75) is 63.7 Å². The molecule has 16 nitrogen and oxygen atoms in total. The summed E-state index contributed by atoms with van der Waals surface area (Å²) in [6, 6.07) is -5.67. The Morgan fingerprint density at radius 3 is 1.83 bits per heavy atom. The second kappa shape index (κ2) is 15.0. The van der Waals surface area contributed by atoms with E-state index in [2.05, 4.69) is 20.9 Å². The van der Waals surface area contributed by atoms with E-state index in [9.17, 15) is 33.9 Å². The maximum Gasteiger partial charge on any atom is 0.326 e. The lowest BCUT2D eigenvalue weighted by molar-refractivity contribution is -0.144. The molecule has 0 heterocycles. The molecule has 0 saturated heterocycles. The molecule has 0 aliphatic heterocycles. The lowest BCUT2D eigenvalue weighted by Gasteiger charge is -2.25. The van der Waals surface area contributed by atoms with Crippen molar-refractivity contribution in [1.82, 2.24) is 16.0 Å². The van der Waals surface area contributed by atoms with E-state index in [0.29, 0.717) is 0 Å². The maximum absolute atomic E-state index is 12.9. The van der Waals surface area contributed by atoms with Crippen molar-refractivity contribution in [2.24, 2.45) is 33.8 Å². The number of carbonyl (C=O) groups is 6. The lowest BCUT2D eigenvalue weighted by Crippen LogP contribution is -2.58. The normalized spacial score (nSPS) is 14.1. The highest BCUT2D eigenvalue weighted by atomic mass is 16.4. The molecule has 13 N–H and O–H groups in total. The molecule has 35 heavy (non-hydrogen) atoms. The molecule has 0 saturated carbocycles. The fourth-order valence-corrected chi connectivity index (χ4v) is 2.78. The van der Waals surface area contributed by atoms with Gasteiger partial charge < -0.3 is 49.1 Å². The van der Waals surface area contributed by atoms with Crippen LogP contribution in [-0.4, -0.2) is 82.5 Å². The predicted octanol–water partition coefficient (Wildman–Crippen LogP) is -4.09. The van der Waals surface area contributed by atoms with Crippen LogP contribution in [0.3, 0.4) is 0 Å². The van der Waals surface area contributed by atoms with Gasteiger partial charge in [-0.1, -0.05) is 13.8 Å². The minimum Gasteiger partial charge on any atom is -0.481 e. The standard InChI is InChI=1S/C19H34N8O8/c1-8(2)14(18(34)35)27-17(33)11(7-13(29)30)26-16(32)10(4-3-5-24-19(22)23)25-15(31)9(20)6-12(21)28/h8-11,14H,3-7,20H2,1-2H3,(H2,21,28)(H,25,31)(H,26,32)(H,27,33)(H,29,30)(H,34,35)(H4,22,23,24). The van der Waals surface area contributed by atoms with E-state index < -0.39 is 78.5 Å². The molecule has 0 spiro atoms. The van der Waals surface area contributed by atoms with E-state index in [1.807, 2.05) is 0 Å². The topological polar surface area (TPSA) is 295 Å². The Hall–Kier alpha value is -3.95. The molecule has 0 rings (SSSR count). The highest BCUT2D eigenvalue weighted by Gasteiger charge is 2.32. The summed E-state index contributed by atoms with van der Waals surface area (Å²) in [5.74, 6) is -7.26. The molecule has 0 fully saturated rings. The van der Waals surface area contributed by atoms with Gasteiger partial charge in [-0.3, -0.25) is 29.0 Å². The van der Waals surface area contributed by atoms with Crippen molar-refractivity contribution in [3.8, 4) is 0 Å². The third-order valence-electron chi connectivity index (χ3n) is 4.58. The van der Waals surface area contributed by atoms with E-state index in [1.54, 1.807) is 0 Å². The average molecular weight is 503 g/mol. The Balaban J connectivity index is 5.64. The summed E-state index contributed by atoms with van der Waals surface area (Å²) in [6.45, 7) is 3.14. The molecule has 16 heteroatoms. The molecule has 0 aromatic rings. The van der Waals surface area contributed by atoms with Gasteiger partial charge in [-0.15, -0.1) is 0 Å². The van der Waals surface area contributed by atoms with Crippen molar-refractivity contribution in [1.29, 1.82) is 0 Å². The number of nitrogens with zero attached hydrogens (tertiary/aromatic N) is 1. The molecular weight excluding hydrogens is 468 g/mol. The van der Waals surface area contributed by atoms with E-state index in [0.717, 1.165) is 0 Å². The third kappa shape index (κ3) is 12.8. The number of hydrogen-bond acceptors (Lipinski definition) is 8. The van der Waals surface area contributed by atoms with Gasteiger partial charge in [0.2, 0.25) is 23.6 Å². The van der Waals surface area contributed by atoms with Crippen LogP contribution >= 0.6 is 0 Å². The summed E-state index contributed by atoms with van der Waals surface area (Å²) in [5, 5.41) is 25.1. The zero-order valence-corrected chi connectivity index (χ0v) is 19.5. The van der Waals surface area contributed by atoms with Gasteiger partial charge in [-0.05, 0) is 18.8 Å². The van der Waals surface area contributed by atoms with Gasteiger partial charge in [0.1, 0.15) is 18.1 Å². The fraction of sp³-hybridized carbons (Fsp3) is 0.632. The van der Waals surface area contributed by atoms with Crippen LogP contribution in [0.25, 0.3) is 0 Å². The zero-order chi connectivity index (χ0) is 27.3. The first kappa shape index (κ1) is 31.0. The number of amides is 4. The molecule has 0 bridgehead atoms. The molecule has 0 aliphatic rings. The number of nitrogens with two attached hydrogens (primary N) is 4. The molecule has 0 aliphatic carbocycles. The molecule has 4 unspecified atom stereocenters. The largest absolute Gasteiger partial charge is 0.481 e. The molecule has 4 amide bonds. The minimum atomic E-state index is -1.66. The molecule has 198 valence electrons. The highest BCUT2D eigenvalue weighted by molar-refractivity contribution is 5.96. The SMILES string of the molecule is CC(C)C(NC(=O)C(CC(=O)O)NC(=O)C(CCCN=C(N)N)NC(=O)C(N)CC(N)=O)C(=O)O. The van der Waals surface area contributed by atoms with Crippen molar-refractivity contribution >= 4 is 41.5 Å². The number of guanidine groups is 1. The lowest BCUT2D eigenvalue weighted by atomic mass is 10.0. The van der Waals surface area contributed by atoms with Gasteiger partial charge in [0, 0.05) is 6.54 Å². The van der Waals surface area contributed by atoms with E-state index >= 15 is 0 Å². The number of rotatable bonds is 16. The van der Waals surface area contributed by atoms with Gasteiger partial charge in [0.15, 0.2) is 5.96 Å². The number of primary amides is 1. The first-order valence-corrected chi connectivity index (χ1v) is 10.6. The maximum atomic E-state index is 12.9. The van der Waals surface area contributed by atoms with Crippen LogP contribution in [0.1, 0.15) is 39.5 Å². The number of carbonyl (C=O) groups excluding carboxylic acids is 4. The minimum absolute atomic E-state index is 0.0528. The van der Waals surface area contributed by atoms with Crippen molar-refractivity contribution in [2.75, 3.05) is 6.54 Å². The van der Waals surface area contributed by atoms with Gasteiger partial charge in [-0.2, -0.15) is 0 Å². The number of carboxylic acids is 2. The van der Waals surface area contributed by atoms with Crippen LogP contribution in [0, 0.1) is 5.92 Å². The molecule has 0 aromatic heterocycles. The third-order valence-corrected chi connectivity index (χ3v) is 4.58. The van der Waals surface area contributed by atoms with E-state index in [4.69, 9.17) is 28.0 Å². The summed E-state index contributed by atoms with van der Waals surface area (Å²) < 4.78 is 0. The zero-order valence-electron chi connectivity index (χ0n) is 19.5. The number of carboxylic acid groups (broad SMARTS) is 2. The highest BCUT2D eigenvalue weighted by Crippen LogP contribution is 2.06. The summed E-state index contributed by atoms with van der Waals surface area (Å²) in [5.41, 5.74) is 21.1. The summed E-state index contributed by atoms with van der Waals surface area (Å²) >= 11 is 0. The van der Waals surface area contributed by atoms with Crippen LogP contribution in [0.5, 0.6) is 0 Å². The molecule has 0 radical (unpaired) electrons. The van der Waals surface area contributed by atoms with Crippen molar-refractivity contribution < 1.29 is 39.0 Å². The van der Waals surface area contributed by atoms with Gasteiger partial charge >= 0.3 is 11.9 Å². The number of aliphatic imine (C=N–C) groups is 1. The number of nitrogens with one attached hydrogen (secondary N) is 3. The number of hydrogen-bond donors (Lipinski definition) is 9. The van der Waals surface area contributed by atoms with Crippen LogP contribution in [-0.2, 0) is 28.8 Å². The molecule has 4 atom stereocenters. The summed E-state index contributed by atoms with van der Waals surface area (Å²) in [6.07, 6.45) is -1.23. The van der Waals surface area contributed by atoms with Gasteiger partial charge in [-0.25, -0.2) is 4.79 Å². The van der Waals surface area contributed by atoms with Crippen LogP contribution in [0.2, 0.25) is 0 Å². The first-order valence-electron chi connectivity index (χ1n) is 10.6. The molecule has 0 aromatic carbocycles. The summed E-state index contributed by atoms with van der Waals surface area (Å²) in [4.78, 5) is 75.1. The van der Waals surface area contributed by atoms with Crippen LogP contribution in [0.15, 0.2) is 4.99 Å². The smallest absolute Gasteiger partial charge is 0.326 e. The molecular formula is C19H34N8O8. The Morgan fingerprint density at radius 2 is 1.37 bits per heavy atom. The van der Waals surface area contributed by atoms with E-state index in [-0.39, 0.29) is 25.3 Å². The van der Waals surface area contributed by atoms with Crippen molar-refractivity contribution in [3.05, 3.63) is 0 Å². The summed E-state index contributed by atoms with van der Waals surface area (Å²) in [7, 11) is 0.